The second-order valence-electron chi connectivity index (χ2n) is 13.5. The number of aromatic nitrogens is 2. The first kappa shape index (κ1) is 35.9. The summed E-state index contributed by atoms with van der Waals surface area (Å²) in [5.74, 6) is -0.711. The summed E-state index contributed by atoms with van der Waals surface area (Å²) in [6.07, 6.45) is 4.44. The van der Waals surface area contributed by atoms with E-state index in [-0.39, 0.29) is 69.2 Å². The van der Waals surface area contributed by atoms with E-state index < -0.39 is 18.2 Å². The Morgan fingerprint density at radius 3 is 2.44 bits per heavy atom. The molecule has 0 aliphatic carbocycles. The molecule has 0 spiro atoms. The smallest absolute Gasteiger partial charge is 0.334 e. The molecule has 3 aromatic carbocycles. The summed E-state index contributed by atoms with van der Waals surface area (Å²) in [5.41, 5.74) is 4.48. The number of benzene rings is 3. The largest absolute Gasteiger partial charge is 0.508 e. The summed E-state index contributed by atoms with van der Waals surface area (Å²) < 4.78 is 1.88. The van der Waals surface area contributed by atoms with Crippen LogP contribution in [-0.4, -0.2) is 90.1 Å². The molecule has 2 saturated heterocycles. The Morgan fingerprint density at radius 2 is 1.70 bits per heavy atom. The van der Waals surface area contributed by atoms with Crippen LogP contribution in [0.3, 0.4) is 0 Å². The number of pyridine rings is 1. The molecule has 0 saturated carbocycles. The first-order chi connectivity index (χ1) is 26.2. The normalized spacial score (nSPS) is 17.4. The molecule has 4 heterocycles. The maximum absolute atomic E-state index is 14.6. The molecular weight excluding hydrogens is 685 g/mol. The molecule has 5 aromatic rings. The third kappa shape index (κ3) is 7.39. The van der Waals surface area contributed by atoms with Crippen molar-refractivity contribution in [1.29, 1.82) is 0 Å². The number of hydrogen-bond acceptors (Lipinski definition) is 7. The predicted octanol–water partition coefficient (Wildman–Crippen LogP) is 3.95. The van der Waals surface area contributed by atoms with Crippen LogP contribution < -0.4 is 10.6 Å². The van der Waals surface area contributed by atoms with Gasteiger partial charge in [0.15, 0.2) is 0 Å². The van der Waals surface area contributed by atoms with Gasteiger partial charge in [0.25, 0.3) is 5.91 Å². The van der Waals surface area contributed by atoms with Crippen LogP contribution in [-0.2, 0) is 42.7 Å². The number of fused-ring (bicyclic) bond motifs is 2. The van der Waals surface area contributed by atoms with Crippen molar-refractivity contribution in [3.05, 3.63) is 144 Å². The number of nitrogens with one attached hydrogen (secondary N) is 2. The van der Waals surface area contributed by atoms with Crippen LogP contribution in [0.15, 0.2) is 116 Å². The SMILES string of the molecule is C=CCN1CC(=O)N2[C@@H](Cc3ccc(O)cc3)C(=O)N(Cc3cccc4c(C(=O)NCc5ccccn5)cn(C)c34)C[C@@H]2N1C(=O)NCc1ccccc1. The fourth-order valence-electron chi connectivity index (χ4n) is 7.39. The Bertz CT molecular complexity index is 2170. The summed E-state index contributed by atoms with van der Waals surface area (Å²) in [7, 11) is 1.86. The maximum Gasteiger partial charge on any atom is 0.334 e. The number of carbonyl (C=O) groups is 4. The van der Waals surface area contributed by atoms with Crippen LogP contribution in [0.2, 0.25) is 0 Å². The van der Waals surface area contributed by atoms with Crippen LogP contribution in [0.5, 0.6) is 5.75 Å². The molecule has 3 N–H and O–H groups in total. The Kier molecular flexibility index (Phi) is 10.4. The van der Waals surface area contributed by atoms with E-state index in [0.717, 1.165) is 33.3 Å². The molecule has 0 unspecified atom stereocenters. The van der Waals surface area contributed by atoms with Crippen molar-refractivity contribution in [1.82, 2.24) is 40.0 Å². The average molecular weight is 727 g/mol. The first-order valence-electron chi connectivity index (χ1n) is 17.8. The second kappa shape index (κ2) is 15.6. The number of urea groups is 1. The number of carbonyl (C=O) groups excluding carboxylic acids is 4. The standard InChI is InChI=1S/C41H42N8O5/c1-3-20-47-27-37(51)48-35(21-28-15-17-32(50)18-16-28)40(53)46(26-36(48)49(47)41(54)44-22-29-10-5-4-6-11-29)24-30-12-9-14-33-34(25-45(2)38(30)33)39(52)43-23-31-13-7-8-19-42-31/h3-19,25,35-36,50H,1,20-24,26-27H2,2H3,(H,43,52)(H,44,54)/t35-,36-/m0/s1. The lowest BCUT2D eigenvalue weighted by molar-refractivity contribution is -0.189. The number of aromatic hydroxyl groups is 1. The summed E-state index contributed by atoms with van der Waals surface area (Å²) in [6, 6.07) is 25.9. The van der Waals surface area contributed by atoms with Gasteiger partial charge in [-0.3, -0.25) is 19.4 Å². The number of nitrogens with zero attached hydrogens (tertiary/aromatic N) is 6. The van der Waals surface area contributed by atoms with E-state index in [2.05, 4.69) is 22.2 Å². The van der Waals surface area contributed by atoms with Crippen molar-refractivity contribution < 1.29 is 24.3 Å². The van der Waals surface area contributed by atoms with Gasteiger partial charge in [0, 0.05) is 50.9 Å². The van der Waals surface area contributed by atoms with Crippen molar-refractivity contribution in [2.75, 3.05) is 19.6 Å². The lowest BCUT2D eigenvalue weighted by Crippen LogP contribution is -2.76. The number of para-hydroxylation sites is 1. The van der Waals surface area contributed by atoms with E-state index in [1.165, 1.54) is 0 Å². The average Bonchev–Trinajstić information content (AvgIpc) is 3.53. The van der Waals surface area contributed by atoms with Gasteiger partial charge in [-0.05, 0) is 41.0 Å². The minimum absolute atomic E-state index is 0.0429. The highest BCUT2D eigenvalue weighted by atomic mass is 16.3. The highest BCUT2D eigenvalue weighted by molar-refractivity contribution is 6.07. The van der Waals surface area contributed by atoms with E-state index in [0.29, 0.717) is 5.56 Å². The molecule has 7 rings (SSSR count). The fourth-order valence-corrected chi connectivity index (χ4v) is 7.39. The zero-order valence-electron chi connectivity index (χ0n) is 30.0. The van der Waals surface area contributed by atoms with Crippen molar-refractivity contribution in [3.8, 4) is 5.75 Å². The third-order valence-corrected chi connectivity index (χ3v) is 9.88. The number of amides is 5. The summed E-state index contributed by atoms with van der Waals surface area (Å²) in [6.45, 7) is 4.73. The third-order valence-electron chi connectivity index (χ3n) is 9.88. The number of aryl methyl sites for hydroxylation is 1. The Balaban J connectivity index is 1.22. The second-order valence-corrected chi connectivity index (χ2v) is 13.5. The zero-order chi connectivity index (χ0) is 37.8. The Labute approximate surface area is 313 Å². The quantitative estimate of drug-likeness (QED) is 0.175. The molecule has 0 radical (unpaired) electrons. The van der Waals surface area contributed by atoms with Crippen molar-refractivity contribution in [3.63, 3.8) is 0 Å². The highest BCUT2D eigenvalue weighted by Crippen LogP contribution is 2.32. The first-order valence-corrected chi connectivity index (χ1v) is 17.8. The summed E-state index contributed by atoms with van der Waals surface area (Å²) in [5, 5.41) is 19.9. The number of hydrogen-bond donors (Lipinski definition) is 3. The lowest BCUT2D eigenvalue weighted by Gasteiger charge is -2.55. The van der Waals surface area contributed by atoms with Gasteiger partial charge in [-0.25, -0.2) is 14.8 Å². The van der Waals surface area contributed by atoms with Gasteiger partial charge in [-0.2, -0.15) is 0 Å². The molecule has 5 amide bonds. The fraction of sp³-hybridized carbons (Fsp3) is 0.244. The highest BCUT2D eigenvalue weighted by Gasteiger charge is 2.51. The van der Waals surface area contributed by atoms with Crippen LogP contribution in [0.25, 0.3) is 10.9 Å². The van der Waals surface area contributed by atoms with Crippen LogP contribution in [0, 0.1) is 0 Å². The monoisotopic (exact) mass is 726 g/mol. The van der Waals surface area contributed by atoms with Gasteiger partial charge >= 0.3 is 6.03 Å². The van der Waals surface area contributed by atoms with Crippen LogP contribution in [0.4, 0.5) is 4.79 Å². The zero-order valence-corrected chi connectivity index (χ0v) is 30.0. The number of phenols is 1. The van der Waals surface area contributed by atoms with Gasteiger partial charge in [0.2, 0.25) is 11.8 Å². The number of rotatable bonds is 11. The van der Waals surface area contributed by atoms with E-state index in [9.17, 15) is 24.3 Å². The molecule has 0 bridgehead atoms. The van der Waals surface area contributed by atoms with Crippen molar-refractivity contribution in [2.45, 2.75) is 38.3 Å². The Hall–Kier alpha value is -6.47. The van der Waals surface area contributed by atoms with Crippen LogP contribution in [0.1, 0.15) is 32.7 Å². The van der Waals surface area contributed by atoms with Crippen molar-refractivity contribution in [2.24, 2.45) is 7.05 Å². The number of hydrazine groups is 1. The van der Waals surface area contributed by atoms with E-state index >= 15 is 0 Å². The van der Waals surface area contributed by atoms with Gasteiger partial charge in [0.05, 0.1) is 36.4 Å². The minimum Gasteiger partial charge on any atom is -0.508 e. The number of phenolic OH excluding ortho intramolecular Hbond substituents is 1. The molecule has 2 atom stereocenters. The summed E-state index contributed by atoms with van der Waals surface area (Å²) in [4.78, 5) is 63.7. The molecular formula is C41H42N8O5. The lowest BCUT2D eigenvalue weighted by atomic mass is 9.98. The predicted molar refractivity (Wildman–Crippen MR) is 202 cm³/mol. The molecule has 2 fully saturated rings. The molecule has 13 nitrogen and oxygen atoms in total. The number of piperazine rings is 1. The molecule has 2 aliphatic rings. The van der Waals surface area contributed by atoms with Gasteiger partial charge < -0.3 is 30.1 Å². The minimum atomic E-state index is -0.934. The topological polar surface area (TPSA) is 143 Å². The van der Waals surface area contributed by atoms with Gasteiger partial charge in [-0.15, -0.1) is 6.58 Å². The molecule has 2 aromatic heterocycles. The van der Waals surface area contributed by atoms with E-state index in [1.54, 1.807) is 62.6 Å². The maximum atomic E-state index is 14.6. The summed E-state index contributed by atoms with van der Waals surface area (Å²) >= 11 is 0. The molecule has 2 aliphatic heterocycles. The Morgan fingerprint density at radius 1 is 0.926 bits per heavy atom. The van der Waals surface area contributed by atoms with Crippen LogP contribution >= 0.6 is 0 Å². The van der Waals surface area contributed by atoms with Gasteiger partial charge in [0.1, 0.15) is 18.0 Å². The van der Waals surface area contributed by atoms with Gasteiger partial charge in [-0.1, -0.05) is 72.8 Å². The van der Waals surface area contributed by atoms with Crippen molar-refractivity contribution >= 4 is 34.7 Å². The molecule has 276 valence electrons. The van der Waals surface area contributed by atoms with E-state index in [4.69, 9.17) is 0 Å². The van der Waals surface area contributed by atoms with E-state index in [1.807, 2.05) is 78.3 Å². The molecule has 13 heteroatoms. The molecule has 54 heavy (non-hydrogen) atoms.